The molecule has 0 amide bonds. The molecule has 1 N–H and O–H groups in total. The van der Waals surface area contributed by atoms with E-state index in [0.29, 0.717) is 6.54 Å². The lowest BCUT2D eigenvalue weighted by Crippen LogP contribution is -2.39. The molecule has 0 spiro atoms. The highest BCUT2D eigenvalue weighted by atomic mass is 16.4. The van der Waals surface area contributed by atoms with E-state index in [0.717, 1.165) is 18.4 Å². The van der Waals surface area contributed by atoms with Gasteiger partial charge in [-0.15, -0.1) is 0 Å². The van der Waals surface area contributed by atoms with Crippen LogP contribution in [0.5, 0.6) is 0 Å². The van der Waals surface area contributed by atoms with Gasteiger partial charge in [0.05, 0.1) is 6.42 Å². The van der Waals surface area contributed by atoms with E-state index in [-0.39, 0.29) is 30.2 Å². The fraction of sp³-hybridized carbons (Fsp3) is 0.529. The molecule has 1 aromatic rings. The topological polar surface area (TPSA) is 57.6 Å². The van der Waals surface area contributed by atoms with Crippen molar-refractivity contribution in [2.24, 2.45) is 11.8 Å². The van der Waals surface area contributed by atoms with Crippen molar-refractivity contribution in [1.82, 2.24) is 4.90 Å². The van der Waals surface area contributed by atoms with Gasteiger partial charge in [-0.1, -0.05) is 44.2 Å². The molecule has 0 bridgehead atoms. The molecule has 1 aliphatic heterocycles. The van der Waals surface area contributed by atoms with E-state index in [4.69, 9.17) is 5.11 Å². The Balaban J connectivity index is 2.17. The third-order valence-corrected chi connectivity index (χ3v) is 4.42. The predicted molar refractivity (Wildman–Crippen MR) is 81.2 cm³/mol. The molecular formula is C17H23NO3. The number of nitrogens with zero attached hydrogens (tertiary/aromatic N) is 1. The molecule has 114 valence electrons. The molecule has 1 aromatic carbocycles. The number of carboxylic acids is 1. The number of carbonyl (C=O) groups is 2. The van der Waals surface area contributed by atoms with E-state index >= 15 is 0 Å². The zero-order valence-electron chi connectivity index (χ0n) is 12.6. The second-order valence-corrected chi connectivity index (χ2v) is 6.18. The maximum atomic E-state index is 11.4. The maximum absolute atomic E-state index is 11.4. The number of hydrogen-bond donors (Lipinski definition) is 1. The highest BCUT2D eigenvalue weighted by Crippen LogP contribution is 2.34. The van der Waals surface area contributed by atoms with Crippen molar-refractivity contribution in [2.75, 3.05) is 13.1 Å². The Morgan fingerprint density at radius 2 is 2.00 bits per heavy atom. The van der Waals surface area contributed by atoms with Gasteiger partial charge >= 0.3 is 5.97 Å². The summed E-state index contributed by atoms with van der Waals surface area (Å²) in [4.78, 5) is 24.7. The van der Waals surface area contributed by atoms with E-state index in [1.54, 1.807) is 0 Å². The third-order valence-electron chi connectivity index (χ3n) is 4.42. The van der Waals surface area contributed by atoms with Crippen LogP contribution in [0.15, 0.2) is 30.3 Å². The number of likely N-dealkylation sites (tertiary alicyclic amines) is 1. The molecule has 3 unspecified atom stereocenters. The summed E-state index contributed by atoms with van der Waals surface area (Å²) in [6.45, 7) is 5.49. The Morgan fingerprint density at radius 1 is 1.33 bits per heavy atom. The third kappa shape index (κ3) is 3.70. The molecule has 0 aromatic heterocycles. The van der Waals surface area contributed by atoms with Gasteiger partial charge in [0.25, 0.3) is 0 Å². The van der Waals surface area contributed by atoms with Crippen molar-refractivity contribution in [3.8, 4) is 0 Å². The molecule has 2 rings (SSSR count). The number of benzene rings is 1. The van der Waals surface area contributed by atoms with Gasteiger partial charge in [-0.3, -0.25) is 9.69 Å². The Morgan fingerprint density at radius 3 is 2.52 bits per heavy atom. The molecule has 1 fully saturated rings. The summed E-state index contributed by atoms with van der Waals surface area (Å²) in [5, 5.41) is 9.10. The standard InChI is InChI=1S/C17H23NO3/c1-12(2)16(8-17(20)21)18-9-14(11-19)15(10-18)13-6-4-3-5-7-13/h3-7,11-12,14-16H,8-10H2,1-2H3,(H,20,21). The van der Waals surface area contributed by atoms with Crippen LogP contribution in [-0.2, 0) is 9.59 Å². The molecular weight excluding hydrogens is 266 g/mol. The lowest BCUT2D eigenvalue weighted by atomic mass is 9.90. The van der Waals surface area contributed by atoms with Crippen LogP contribution in [-0.4, -0.2) is 41.4 Å². The first-order chi connectivity index (χ1) is 10.0. The van der Waals surface area contributed by atoms with Crippen molar-refractivity contribution in [3.05, 3.63) is 35.9 Å². The normalized spacial score (nSPS) is 24.1. The molecule has 4 nitrogen and oxygen atoms in total. The lowest BCUT2D eigenvalue weighted by molar-refractivity contribution is -0.138. The lowest BCUT2D eigenvalue weighted by Gasteiger charge is -2.30. The molecule has 0 radical (unpaired) electrons. The van der Waals surface area contributed by atoms with Crippen LogP contribution in [0.2, 0.25) is 0 Å². The van der Waals surface area contributed by atoms with Gasteiger partial charge in [0, 0.05) is 31.0 Å². The fourth-order valence-corrected chi connectivity index (χ4v) is 3.29. The van der Waals surface area contributed by atoms with Crippen LogP contribution in [0.1, 0.15) is 31.7 Å². The minimum absolute atomic E-state index is 0.0151. The Hall–Kier alpha value is -1.68. The molecule has 1 saturated heterocycles. The number of carboxylic acid groups (broad SMARTS) is 1. The summed E-state index contributed by atoms with van der Waals surface area (Å²) < 4.78 is 0. The highest BCUT2D eigenvalue weighted by molar-refractivity contribution is 5.67. The van der Waals surface area contributed by atoms with E-state index in [1.165, 1.54) is 0 Å². The van der Waals surface area contributed by atoms with E-state index in [2.05, 4.69) is 4.90 Å². The molecule has 1 aliphatic rings. The average Bonchev–Trinajstić information content (AvgIpc) is 2.89. The minimum Gasteiger partial charge on any atom is -0.481 e. The number of aldehydes is 1. The summed E-state index contributed by atoms with van der Waals surface area (Å²) in [5.74, 6) is -0.413. The van der Waals surface area contributed by atoms with E-state index in [9.17, 15) is 9.59 Å². The summed E-state index contributed by atoms with van der Waals surface area (Å²) in [5.41, 5.74) is 1.16. The van der Waals surface area contributed by atoms with Crippen molar-refractivity contribution >= 4 is 12.3 Å². The largest absolute Gasteiger partial charge is 0.481 e. The van der Waals surface area contributed by atoms with Crippen molar-refractivity contribution in [2.45, 2.75) is 32.2 Å². The number of carbonyl (C=O) groups excluding carboxylic acids is 1. The first-order valence-electron chi connectivity index (χ1n) is 7.49. The van der Waals surface area contributed by atoms with Crippen molar-refractivity contribution in [3.63, 3.8) is 0 Å². The summed E-state index contributed by atoms with van der Waals surface area (Å²) in [7, 11) is 0. The van der Waals surface area contributed by atoms with Crippen LogP contribution in [0.4, 0.5) is 0 Å². The summed E-state index contributed by atoms with van der Waals surface area (Å²) in [6, 6.07) is 10.0. The Kier molecular flexibility index (Phi) is 5.12. The smallest absolute Gasteiger partial charge is 0.304 e. The Bertz CT molecular complexity index is 486. The Labute approximate surface area is 125 Å². The molecule has 3 atom stereocenters. The van der Waals surface area contributed by atoms with Crippen LogP contribution < -0.4 is 0 Å². The van der Waals surface area contributed by atoms with Crippen molar-refractivity contribution < 1.29 is 14.7 Å². The van der Waals surface area contributed by atoms with Gasteiger partial charge in [0.1, 0.15) is 6.29 Å². The second-order valence-electron chi connectivity index (χ2n) is 6.18. The van der Waals surface area contributed by atoms with Crippen molar-refractivity contribution in [1.29, 1.82) is 0 Å². The maximum Gasteiger partial charge on any atom is 0.304 e. The number of rotatable bonds is 6. The first kappa shape index (κ1) is 15.7. The van der Waals surface area contributed by atoms with Gasteiger partial charge in [0.2, 0.25) is 0 Å². The van der Waals surface area contributed by atoms with Crippen LogP contribution in [0.3, 0.4) is 0 Å². The molecule has 0 saturated carbocycles. The van der Waals surface area contributed by atoms with Gasteiger partial charge in [-0.2, -0.15) is 0 Å². The first-order valence-corrected chi connectivity index (χ1v) is 7.49. The molecule has 4 heteroatoms. The molecule has 21 heavy (non-hydrogen) atoms. The zero-order valence-corrected chi connectivity index (χ0v) is 12.6. The van der Waals surface area contributed by atoms with E-state index < -0.39 is 5.97 Å². The van der Waals surface area contributed by atoms with Gasteiger partial charge in [0.15, 0.2) is 0 Å². The predicted octanol–water partition coefficient (Wildman–Crippen LogP) is 2.40. The monoisotopic (exact) mass is 289 g/mol. The number of aliphatic carboxylic acids is 1. The molecule has 1 heterocycles. The number of hydrogen-bond acceptors (Lipinski definition) is 3. The second kappa shape index (κ2) is 6.85. The molecule has 0 aliphatic carbocycles. The SMILES string of the molecule is CC(C)C(CC(=O)O)N1CC(C=O)C(c2ccccc2)C1. The highest BCUT2D eigenvalue weighted by Gasteiger charge is 2.38. The van der Waals surface area contributed by atoms with Crippen LogP contribution in [0.25, 0.3) is 0 Å². The van der Waals surface area contributed by atoms with E-state index in [1.807, 2.05) is 44.2 Å². The van der Waals surface area contributed by atoms with Crippen LogP contribution >= 0.6 is 0 Å². The quantitative estimate of drug-likeness (QED) is 0.817. The zero-order chi connectivity index (χ0) is 15.4. The fourth-order valence-electron chi connectivity index (χ4n) is 3.29. The van der Waals surface area contributed by atoms with Crippen LogP contribution in [0, 0.1) is 11.8 Å². The average molecular weight is 289 g/mol. The van der Waals surface area contributed by atoms with Gasteiger partial charge in [-0.05, 0) is 11.5 Å². The van der Waals surface area contributed by atoms with Gasteiger partial charge in [-0.25, -0.2) is 0 Å². The summed E-state index contributed by atoms with van der Waals surface area (Å²) >= 11 is 0. The minimum atomic E-state index is -0.778. The summed E-state index contributed by atoms with van der Waals surface area (Å²) in [6.07, 6.45) is 1.15. The van der Waals surface area contributed by atoms with Gasteiger partial charge < -0.3 is 9.90 Å².